The lowest BCUT2D eigenvalue weighted by Gasteiger charge is -1.97. The highest BCUT2D eigenvalue weighted by atomic mass is 13.9. The molecule has 2 radical (unpaired) electrons. The van der Waals surface area contributed by atoms with E-state index < -0.39 is 0 Å². The predicted molar refractivity (Wildman–Crippen MR) is 44.6 cm³/mol. The van der Waals surface area contributed by atoms with E-state index in [2.05, 4.69) is 26.0 Å². The van der Waals surface area contributed by atoms with Crippen LogP contribution in [0.3, 0.4) is 0 Å². The van der Waals surface area contributed by atoms with Crippen LogP contribution in [0.25, 0.3) is 0 Å². The van der Waals surface area contributed by atoms with Crippen molar-refractivity contribution in [3.63, 3.8) is 0 Å². The number of hydrogen-bond acceptors (Lipinski definition) is 0. The van der Waals surface area contributed by atoms with Gasteiger partial charge in [-0.15, -0.1) is 0 Å². The van der Waals surface area contributed by atoms with E-state index in [9.17, 15) is 0 Å². The Hall–Kier alpha value is -0.780. The Morgan fingerprint density at radius 3 is 2.20 bits per heavy atom. The van der Waals surface area contributed by atoms with Crippen LogP contribution in [0.4, 0.5) is 0 Å². The lowest BCUT2D eigenvalue weighted by atomic mass is 10.1. The third-order valence-corrected chi connectivity index (χ3v) is 1.49. The average molecular weight is 132 g/mol. The lowest BCUT2D eigenvalue weighted by molar-refractivity contribution is 0.999. The Bertz CT molecular complexity index is 184. The van der Waals surface area contributed by atoms with Gasteiger partial charge in [0.25, 0.3) is 0 Å². The van der Waals surface area contributed by atoms with Crippen LogP contribution in [-0.4, -0.2) is 0 Å². The van der Waals surface area contributed by atoms with Gasteiger partial charge in [0.05, 0.1) is 0 Å². The van der Waals surface area contributed by atoms with Gasteiger partial charge in [-0.05, 0) is 30.9 Å². The summed E-state index contributed by atoms with van der Waals surface area (Å²) < 4.78 is 0. The summed E-state index contributed by atoms with van der Waals surface area (Å²) >= 11 is 0. The van der Waals surface area contributed by atoms with Gasteiger partial charge in [-0.2, -0.15) is 0 Å². The Labute approximate surface area is 62.9 Å². The largest absolute Gasteiger partial charge is 0.0588 e. The molecular weight excluding hydrogens is 120 g/mol. The Morgan fingerprint density at radius 2 is 1.70 bits per heavy atom. The minimum absolute atomic E-state index is 0.969. The molecule has 0 aliphatic heterocycles. The molecule has 0 nitrogen and oxygen atoms in total. The lowest BCUT2D eigenvalue weighted by Crippen LogP contribution is -1.81. The van der Waals surface area contributed by atoms with Crippen molar-refractivity contribution in [3.8, 4) is 0 Å². The third-order valence-electron chi connectivity index (χ3n) is 1.49. The van der Waals surface area contributed by atoms with Crippen molar-refractivity contribution in [2.75, 3.05) is 0 Å². The van der Waals surface area contributed by atoms with Crippen LogP contribution in [0, 0.1) is 13.8 Å². The summed E-state index contributed by atoms with van der Waals surface area (Å²) in [5.74, 6) is 0. The first-order chi connectivity index (χ1) is 4.83. The summed E-state index contributed by atoms with van der Waals surface area (Å²) in [5, 5.41) is 0. The van der Waals surface area contributed by atoms with E-state index >= 15 is 0 Å². The van der Waals surface area contributed by atoms with Crippen molar-refractivity contribution in [1.29, 1.82) is 0 Å². The third kappa shape index (κ3) is 1.87. The summed E-state index contributed by atoms with van der Waals surface area (Å²) in [6.07, 6.45) is 2.04. The second kappa shape index (κ2) is 3.40. The van der Waals surface area contributed by atoms with Crippen LogP contribution in [0.1, 0.15) is 17.5 Å². The molecule has 0 aromatic heterocycles. The molecule has 10 heavy (non-hydrogen) atoms. The molecule has 0 saturated carbocycles. The van der Waals surface area contributed by atoms with Gasteiger partial charge in [0.2, 0.25) is 0 Å². The SMILES string of the molecule is [CH2]CCc1ccc([CH2])cc1. The van der Waals surface area contributed by atoms with Crippen molar-refractivity contribution in [2.24, 2.45) is 0 Å². The highest BCUT2D eigenvalue weighted by Gasteiger charge is 1.88. The normalized spacial score (nSPS) is 9.80. The molecule has 0 saturated heterocycles. The molecule has 0 bridgehead atoms. The minimum atomic E-state index is 0.969. The second-order valence-corrected chi connectivity index (χ2v) is 2.42. The van der Waals surface area contributed by atoms with Gasteiger partial charge in [0.1, 0.15) is 0 Å². The molecule has 0 heteroatoms. The molecule has 1 aromatic carbocycles. The van der Waals surface area contributed by atoms with Gasteiger partial charge in [-0.1, -0.05) is 31.2 Å². The first kappa shape index (κ1) is 7.33. The molecule has 0 spiro atoms. The Balaban J connectivity index is 2.69. The van der Waals surface area contributed by atoms with Crippen molar-refractivity contribution >= 4 is 0 Å². The molecule has 1 rings (SSSR count). The molecule has 0 N–H and O–H groups in total. The number of aryl methyl sites for hydroxylation is 1. The smallest absolute Gasteiger partial charge is 0.0238 e. The first-order valence-corrected chi connectivity index (χ1v) is 3.53. The van der Waals surface area contributed by atoms with Crippen LogP contribution in [0.5, 0.6) is 0 Å². The molecule has 0 aliphatic carbocycles. The fourth-order valence-electron chi connectivity index (χ4n) is 0.910. The molecule has 0 atom stereocenters. The number of benzene rings is 1. The van der Waals surface area contributed by atoms with Crippen LogP contribution in [-0.2, 0) is 6.42 Å². The van der Waals surface area contributed by atoms with Crippen LogP contribution >= 0.6 is 0 Å². The highest BCUT2D eigenvalue weighted by molar-refractivity contribution is 5.24. The zero-order chi connectivity index (χ0) is 7.40. The van der Waals surface area contributed by atoms with E-state index in [1.807, 2.05) is 12.1 Å². The number of hydrogen-bond donors (Lipinski definition) is 0. The standard InChI is InChI=1S/C10H12/c1-3-4-10-7-5-9(2)6-8-10/h5-8H,1-4H2. The van der Waals surface area contributed by atoms with Crippen LogP contribution in [0.2, 0.25) is 0 Å². The first-order valence-electron chi connectivity index (χ1n) is 3.53. The van der Waals surface area contributed by atoms with Crippen molar-refractivity contribution in [3.05, 3.63) is 49.2 Å². The van der Waals surface area contributed by atoms with E-state index in [1.165, 1.54) is 5.56 Å². The summed E-state index contributed by atoms with van der Waals surface area (Å²) in [6.45, 7) is 7.59. The zero-order valence-corrected chi connectivity index (χ0v) is 6.14. The van der Waals surface area contributed by atoms with Crippen molar-refractivity contribution in [1.82, 2.24) is 0 Å². The Kier molecular flexibility index (Phi) is 2.49. The zero-order valence-electron chi connectivity index (χ0n) is 6.14. The fraction of sp³-hybridized carbons (Fsp3) is 0.200. The second-order valence-electron chi connectivity index (χ2n) is 2.42. The molecular formula is C10H12. The van der Waals surface area contributed by atoms with Crippen molar-refractivity contribution < 1.29 is 0 Å². The van der Waals surface area contributed by atoms with E-state index in [1.54, 1.807) is 0 Å². The molecule has 1 aromatic rings. The monoisotopic (exact) mass is 132 g/mol. The van der Waals surface area contributed by atoms with E-state index in [0.29, 0.717) is 0 Å². The maximum atomic E-state index is 3.81. The molecule has 0 aliphatic rings. The molecule has 0 amide bonds. The highest BCUT2D eigenvalue weighted by Crippen LogP contribution is 2.04. The van der Waals surface area contributed by atoms with E-state index in [0.717, 1.165) is 18.4 Å². The molecule has 0 fully saturated rings. The maximum Gasteiger partial charge on any atom is -0.0238 e. The summed E-state index contributed by atoms with van der Waals surface area (Å²) in [7, 11) is 0. The van der Waals surface area contributed by atoms with E-state index in [-0.39, 0.29) is 0 Å². The van der Waals surface area contributed by atoms with Gasteiger partial charge < -0.3 is 0 Å². The van der Waals surface area contributed by atoms with Gasteiger partial charge in [-0.25, -0.2) is 0 Å². The molecule has 0 heterocycles. The predicted octanol–water partition coefficient (Wildman–Crippen LogP) is 2.64. The van der Waals surface area contributed by atoms with Crippen molar-refractivity contribution in [2.45, 2.75) is 12.8 Å². The summed E-state index contributed by atoms with van der Waals surface area (Å²) in [4.78, 5) is 0. The van der Waals surface area contributed by atoms with Gasteiger partial charge in [-0.3, -0.25) is 0 Å². The van der Waals surface area contributed by atoms with Gasteiger partial charge in [0.15, 0.2) is 0 Å². The van der Waals surface area contributed by atoms with Gasteiger partial charge >= 0.3 is 0 Å². The van der Waals surface area contributed by atoms with Gasteiger partial charge in [0, 0.05) is 0 Å². The van der Waals surface area contributed by atoms with Crippen LogP contribution in [0.15, 0.2) is 24.3 Å². The quantitative estimate of drug-likeness (QED) is 0.580. The fourth-order valence-corrected chi connectivity index (χ4v) is 0.910. The Morgan fingerprint density at radius 1 is 1.10 bits per heavy atom. The topological polar surface area (TPSA) is 0 Å². The summed E-state index contributed by atoms with van der Waals surface area (Å²) in [5.41, 5.74) is 2.43. The molecule has 52 valence electrons. The molecule has 0 unspecified atom stereocenters. The minimum Gasteiger partial charge on any atom is -0.0588 e. The average Bonchev–Trinajstić information content (AvgIpc) is 1.95. The summed E-state index contributed by atoms with van der Waals surface area (Å²) in [6, 6.07) is 8.27. The van der Waals surface area contributed by atoms with Crippen LogP contribution < -0.4 is 0 Å². The van der Waals surface area contributed by atoms with E-state index in [4.69, 9.17) is 0 Å². The maximum absolute atomic E-state index is 3.81. The number of rotatable bonds is 2.